The smallest absolute Gasteiger partial charge is 0.273 e. The van der Waals surface area contributed by atoms with Crippen molar-refractivity contribution in [1.29, 1.82) is 0 Å². The summed E-state index contributed by atoms with van der Waals surface area (Å²) in [6.45, 7) is 0. The van der Waals surface area contributed by atoms with Gasteiger partial charge in [-0.05, 0) is 12.1 Å². The second-order valence-corrected chi connectivity index (χ2v) is 5.77. The van der Waals surface area contributed by atoms with Gasteiger partial charge in [0.2, 0.25) is 5.91 Å². The van der Waals surface area contributed by atoms with Crippen molar-refractivity contribution in [2.75, 3.05) is 19.5 Å². The first-order valence-corrected chi connectivity index (χ1v) is 7.49. The van der Waals surface area contributed by atoms with Crippen LogP contribution >= 0.6 is 11.3 Å². The molecule has 8 heteroatoms. The number of ether oxygens (including phenoxy) is 1. The number of hydrogen-bond donors (Lipinski definition) is 1. The van der Waals surface area contributed by atoms with Crippen molar-refractivity contribution in [2.45, 2.75) is 12.8 Å². The van der Waals surface area contributed by atoms with Crippen LogP contribution < -0.4 is 10.1 Å². The van der Waals surface area contributed by atoms with Crippen LogP contribution in [0.1, 0.15) is 12.8 Å². The number of carbonyl (C=O) groups excluding carboxylic acids is 2. The van der Waals surface area contributed by atoms with Crippen LogP contribution in [0.15, 0.2) is 23.3 Å². The van der Waals surface area contributed by atoms with Crippen LogP contribution in [0.25, 0.3) is 10.2 Å². The molecule has 0 unspecified atom stereocenters. The van der Waals surface area contributed by atoms with E-state index in [4.69, 9.17) is 4.74 Å². The molecule has 0 saturated carbocycles. The summed E-state index contributed by atoms with van der Waals surface area (Å²) >= 11 is 1.36. The van der Waals surface area contributed by atoms with Gasteiger partial charge in [-0.2, -0.15) is 5.10 Å². The average Bonchev–Trinajstić information content (AvgIpc) is 2.92. The Kier molecular flexibility index (Phi) is 3.76. The van der Waals surface area contributed by atoms with E-state index in [1.807, 2.05) is 18.2 Å². The molecule has 1 N–H and O–H groups in total. The first-order valence-electron chi connectivity index (χ1n) is 6.67. The summed E-state index contributed by atoms with van der Waals surface area (Å²) < 4.78 is 6.18. The van der Waals surface area contributed by atoms with Gasteiger partial charge >= 0.3 is 0 Å². The molecule has 0 spiro atoms. The van der Waals surface area contributed by atoms with E-state index in [1.54, 1.807) is 7.11 Å². The number of methoxy groups -OCH3 is 1. The number of thiazole rings is 1. The zero-order valence-corrected chi connectivity index (χ0v) is 12.9. The fourth-order valence-electron chi connectivity index (χ4n) is 2.14. The summed E-state index contributed by atoms with van der Waals surface area (Å²) in [5, 5.41) is 8.39. The number of carbonyl (C=O) groups is 2. The summed E-state index contributed by atoms with van der Waals surface area (Å²) in [5.74, 6) is 0.230. The molecule has 2 amide bonds. The van der Waals surface area contributed by atoms with Crippen molar-refractivity contribution >= 4 is 44.2 Å². The van der Waals surface area contributed by atoms with Gasteiger partial charge in [0.05, 0.1) is 11.8 Å². The standard InChI is InChI=1S/C14H14N4O3S/c1-18-11(19)7-6-8(17-18)13(20)16-14-15-12-9(21-2)4-3-5-10(12)22-14/h3-5H,6-7H2,1-2H3,(H,15,16,20). The van der Waals surface area contributed by atoms with Crippen LogP contribution in [0, 0.1) is 0 Å². The van der Waals surface area contributed by atoms with Gasteiger partial charge in [0, 0.05) is 19.9 Å². The topological polar surface area (TPSA) is 83.9 Å². The Labute approximate surface area is 130 Å². The van der Waals surface area contributed by atoms with Crippen LogP contribution in [-0.4, -0.2) is 41.7 Å². The number of amides is 2. The highest BCUT2D eigenvalue weighted by Gasteiger charge is 2.22. The quantitative estimate of drug-likeness (QED) is 0.936. The van der Waals surface area contributed by atoms with E-state index in [0.717, 1.165) is 4.70 Å². The average molecular weight is 318 g/mol. The van der Waals surface area contributed by atoms with Crippen molar-refractivity contribution < 1.29 is 14.3 Å². The van der Waals surface area contributed by atoms with Crippen molar-refractivity contribution in [3.05, 3.63) is 18.2 Å². The van der Waals surface area contributed by atoms with Crippen LogP contribution in [0.3, 0.4) is 0 Å². The Hall–Kier alpha value is -2.48. The summed E-state index contributed by atoms with van der Waals surface area (Å²) in [6, 6.07) is 5.60. The lowest BCUT2D eigenvalue weighted by Crippen LogP contribution is -2.34. The summed E-state index contributed by atoms with van der Waals surface area (Å²) in [5.41, 5.74) is 1.04. The molecule has 1 aliphatic rings. The second kappa shape index (κ2) is 5.72. The highest BCUT2D eigenvalue weighted by atomic mass is 32.1. The Morgan fingerprint density at radius 2 is 2.23 bits per heavy atom. The number of aromatic nitrogens is 1. The molecule has 1 aromatic carbocycles. The van der Waals surface area contributed by atoms with Gasteiger partial charge in [0.15, 0.2) is 5.13 Å². The van der Waals surface area contributed by atoms with Crippen molar-refractivity contribution in [3.8, 4) is 5.75 Å². The van der Waals surface area contributed by atoms with E-state index < -0.39 is 0 Å². The molecule has 114 valence electrons. The number of nitrogens with one attached hydrogen (secondary N) is 1. The van der Waals surface area contributed by atoms with Gasteiger partial charge in [-0.15, -0.1) is 0 Å². The lowest BCUT2D eigenvalue weighted by atomic mass is 10.1. The minimum Gasteiger partial charge on any atom is -0.494 e. The third-order valence-electron chi connectivity index (χ3n) is 3.29. The molecule has 0 saturated heterocycles. The molecule has 22 heavy (non-hydrogen) atoms. The number of fused-ring (bicyclic) bond motifs is 1. The molecule has 2 aromatic rings. The maximum Gasteiger partial charge on any atom is 0.273 e. The molecule has 1 aromatic heterocycles. The maximum absolute atomic E-state index is 12.2. The van der Waals surface area contributed by atoms with Crippen LogP contribution in [0.4, 0.5) is 5.13 Å². The number of hydrogen-bond acceptors (Lipinski definition) is 6. The highest BCUT2D eigenvalue weighted by Crippen LogP contribution is 2.32. The minimum atomic E-state index is -0.336. The van der Waals surface area contributed by atoms with E-state index >= 15 is 0 Å². The largest absolute Gasteiger partial charge is 0.494 e. The lowest BCUT2D eigenvalue weighted by molar-refractivity contribution is -0.130. The summed E-state index contributed by atoms with van der Waals surface area (Å²) in [6.07, 6.45) is 0.625. The SMILES string of the molecule is COc1cccc2sc(NC(=O)C3=NN(C)C(=O)CC3)nc12. The van der Waals surface area contributed by atoms with E-state index in [2.05, 4.69) is 15.4 Å². The molecule has 3 rings (SSSR count). The van der Waals surface area contributed by atoms with E-state index in [9.17, 15) is 9.59 Å². The normalized spacial score (nSPS) is 14.9. The second-order valence-electron chi connectivity index (χ2n) is 4.74. The number of nitrogens with zero attached hydrogens (tertiary/aromatic N) is 3. The van der Waals surface area contributed by atoms with E-state index in [0.29, 0.717) is 28.5 Å². The maximum atomic E-state index is 12.2. The van der Waals surface area contributed by atoms with Gasteiger partial charge < -0.3 is 4.74 Å². The molecule has 1 aliphatic heterocycles. The molecule has 2 heterocycles. The molecular formula is C14H14N4O3S. The highest BCUT2D eigenvalue weighted by molar-refractivity contribution is 7.22. The number of hydrazone groups is 1. The molecular weight excluding hydrogens is 304 g/mol. The van der Waals surface area contributed by atoms with Gasteiger partial charge in [0.1, 0.15) is 17.0 Å². The van der Waals surface area contributed by atoms with Crippen LogP contribution in [0.2, 0.25) is 0 Å². The van der Waals surface area contributed by atoms with Crippen molar-refractivity contribution in [3.63, 3.8) is 0 Å². The fourth-order valence-corrected chi connectivity index (χ4v) is 3.02. The Balaban J connectivity index is 1.83. The van der Waals surface area contributed by atoms with Crippen molar-refractivity contribution in [1.82, 2.24) is 9.99 Å². The lowest BCUT2D eigenvalue weighted by Gasteiger charge is -2.18. The first kappa shape index (κ1) is 14.5. The van der Waals surface area contributed by atoms with Crippen molar-refractivity contribution in [2.24, 2.45) is 5.10 Å². The first-order chi connectivity index (χ1) is 10.6. The number of para-hydroxylation sites is 1. The molecule has 0 aliphatic carbocycles. The van der Waals surface area contributed by atoms with Gasteiger partial charge in [-0.3, -0.25) is 14.9 Å². The zero-order valence-electron chi connectivity index (χ0n) is 12.1. The van der Waals surface area contributed by atoms with Gasteiger partial charge in [-0.25, -0.2) is 9.99 Å². The minimum absolute atomic E-state index is 0.0960. The molecule has 0 radical (unpaired) electrons. The number of rotatable bonds is 3. The molecule has 0 fully saturated rings. The van der Waals surface area contributed by atoms with Crippen LogP contribution in [0.5, 0.6) is 5.75 Å². The fraction of sp³-hybridized carbons (Fsp3) is 0.286. The summed E-state index contributed by atoms with van der Waals surface area (Å²) in [7, 11) is 3.12. The zero-order chi connectivity index (χ0) is 15.7. The van der Waals surface area contributed by atoms with Gasteiger partial charge in [0.25, 0.3) is 5.91 Å². The monoisotopic (exact) mass is 318 g/mol. The third kappa shape index (κ3) is 2.64. The van der Waals surface area contributed by atoms with E-state index in [1.165, 1.54) is 23.4 Å². The molecule has 7 nitrogen and oxygen atoms in total. The van der Waals surface area contributed by atoms with Crippen LogP contribution in [-0.2, 0) is 9.59 Å². The predicted octanol–water partition coefficient (Wildman–Crippen LogP) is 1.85. The van der Waals surface area contributed by atoms with E-state index in [-0.39, 0.29) is 18.2 Å². The summed E-state index contributed by atoms with van der Waals surface area (Å²) in [4.78, 5) is 28.0. The third-order valence-corrected chi connectivity index (χ3v) is 4.23. The Morgan fingerprint density at radius 1 is 1.41 bits per heavy atom. The Morgan fingerprint density at radius 3 is 2.95 bits per heavy atom. The molecule has 0 bridgehead atoms. The van der Waals surface area contributed by atoms with Gasteiger partial charge in [-0.1, -0.05) is 17.4 Å². The number of anilines is 1. The number of benzene rings is 1. The predicted molar refractivity (Wildman–Crippen MR) is 84.2 cm³/mol. The molecule has 0 atom stereocenters. The Bertz CT molecular complexity index is 783.